The minimum atomic E-state index is -1.12. The van der Waals surface area contributed by atoms with Gasteiger partial charge >= 0.3 is 0 Å². The molecule has 0 aliphatic rings. The molecule has 2 rings (SSSR count). The SMILES string of the molecule is CCOc1ccccc1-c1nc(CC(=O)[O-])cs1. The molecule has 1 aromatic carbocycles. The standard InChI is InChI=1S/C13H13NO3S/c1-2-17-11-6-4-3-5-10(11)13-14-9(8-18-13)7-12(15)16/h3-6,8H,2,7H2,1H3,(H,15,16)/p-1. The van der Waals surface area contributed by atoms with Gasteiger partial charge in [-0.25, -0.2) is 4.98 Å². The molecule has 0 bridgehead atoms. The maximum absolute atomic E-state index is 10.5. The normalized spacial score (nSPS) is 10.3. The van der Waals surface area contributed by atoms with E-state index < -0.39 is 5.97 Å². The van der Waals surface area contributed by atoms with Gasteiger partial charge in [-0.3, -0.25) is 0 Å². The minimum Gasteiger partial charge on any atom is -0.550 e. The quantitative estimate of drug-likeness (QED) is 0.819. The molecule has 0 amide bonds. The Labute approximate surface area is 109 Å². The Bertz CT molecular complexity index is 551. The van der Waals surface area contributed by atoms with Crippen molar-refractivity contribution in [3.63, 3.8) is 0 Å². The second-order valence-electron chi connectivity index (χ2n) is 3.62. The topological polar surface area (TPSA) is 62.2 Å². The molecule has 0 aliphatic heterocycles. The number of nitrogens with zero attached hydrogens (tertiary/aromatic N) is 1. The fourth-order valence-corrected chi connectivity index (χ4v) is 2.43. The molecule has 0 aliphatic carbocycles. The first-order valence-electron chi connectivity index (χ1n) is 5.57. The van der Waals surface area contributed by atoms with Gasteiger partial charge in [0.1, 0.15) is 10.8 Å². The van der Waals surface area contributed by atoms with Crippen LogP contribution in [0.2, 0.25) is 0 Å². The summed E-state index contributed by atoms with van der Waals surface area (Å²) in [4.78, 5) is 14.8. The van der Waals surface area contributed by atoms with Crippen molar-refractivity contribution in [2.45, 2.75) is 13.3 Å². The molecule has 2 aromatic rings. The molecule has 1 aromatic heterocycles. The number of aromatic nitrogens is 1. The summed E-state index contributed by atoms with van der Waals surface area (Å²) >= 11 is 1.40. The van der Waals surface area contributed by atoms with Crippen LogP contribution >= 0.6 is 11.3 Å². The number of carboxylic acids is 1. The number of ether oxygens (including phenoxy) is 1. The predicted molar refractivity (Wildman–Crippen MR) is 67.4 cm³/mol. The number of aliphatic carboxylic acids is 1. The summed E-state index contributed by atoms with van der Waals surface area (Å²) in [5, 5.41) is 13.0. The number of carbonyl (C=O) groups excluding carboxylic acids is 1. The lowest BCUT2D eigenvalue weighted by atomic mass is 10.2. The number of hydrogen-bond acceptors (Lipinski definition) is 5. The number of carboxylic acid groups (broad SMARTS) is 1. The third-order valence-corrected chi connectivity index (χ3v) is 3.22. The molecule has 0 radical (unpaired) electrons. The van der Waals surface area contributed by atoms with Crippen LogP contribution in [0.3, 0.4) is 0 Å². The van der Waals surface area contributed by atoms with E-state index in [0.29, 0.717) is 12.3 Å². The zero-order valence-corrected chi connectivity index (χ0v) is 10.7. The molecular weight excluding hydrogens is 250 g/mol. The van der Waals surface area contributed by atoms with Crippen molar-refractivity contribution >= 4 is 17.3 Å². The monoisotopic (exact) mass is 262 g/mol. The summed E-state index contributed by atoms with van der Waals surface area (Å²) in [7, 11) is 0. The van der Waals surface area contributed by atoms with E-state index in [1.165, 1.54) is 11.3 Å². The molecule has 1 heterocycles. The van der Waals surface area contributed by atoms with E-state index in [-0.39, 0.29) is 6.42 Å². The van der Waals surface area contributed by atoms with Crippen molar-refractivity contribution in [1.29, 1.82) is 0 Å². The fourth-order valence-electron chi connectivity index (χ4n) is 1.58. The molecule has 0 fully saturated rings. The van der Waals surface area contributed by atoms with E-state index in [0.717, 1.165) is 16.3 Å². The summed E-state index contributed by atoms with van der Waals surface area (Å²) in [6, 6.07) is 7.58. The van der Waals surface area contributed by atoms with Gasteiger partial charge in [-0.1, -0.05) is 12.1 Å². The van der Waals surface area contributed by atoms with E-state index in [1.54, 1.807) is 5.38 Å². The van der Waals surface area contributed by atoms with Gasteiger partial charge in [-0.2, -0.15) is 0 Å². The Kier molecular flexibility index (Phi) is 3.94. The Balaban J connectivity index is 2.30. The summed E-state index contributed by atoms with van der Waals surface area (Å²) < 4.78 is 5.52. The van der Waals surface area contributed by atoms with Crippen LogP contribution in [-0.4, -0.2) is 17.6 Å². The zero-order chi connectivity index (χ0) is 13.0. The third-order valence-electron chi connectivity index (χ3n) is 2.29. The third kappa shape index (κ3) is 2.87. The highest BCUT2D eigenvalue weighted by Gasteiger charge is 2.09. The van der Waals surface area contributed by atoms with Crippen LogP contribution in [0.1, 0.15) is 12.6 Å². The lowest BCUT2D eigenvalue weighted by Gasteiger charge is -2.07. The molecule has 94 valence electrons. The Morgan fingerprint density at radius 1 is 1.44 bits per heavy atom. The van der Waals surface area contributed by atoms with E-state index in [4.69, 9.17) is 4.74 Å². The first kappa shape index (κ1) is 12.6. The lowest BCUT2D eigenvalue weighted by Crippen LogP contribution is -2.24. The molecular formula is C13H12NO3S-. The summed E-state index contributed by atoms with van der Waals surface area (Å²) in [6.45, 7) is 2.49. The highest BCUT2D eigenvalue weighted by atomic mass is 32.1. The van der Waals surface area contributed by atoms with Crippen LogP contribution in [0.15, 0.2) is 29.6 Å². The van der Waals surface area contributed by atoms with Gasteiger partial charge in [0, 0.05) is 17.8 Å². The van der Waals surface area contributed by atoms with Crippen LogP contribution in [-0.2, 0) is 11.2 Å². The van der Waals surface area contributed by atoms with E-state index >= 15 is 0 Å². The largest absolute Gasteiger partial charge is 0.550 e. The summed E-state index contributed by atoms with van der Waals surface area (Å²) in [6.07, 6.45) is -0.159. The Morgan fingerprint density at radius 3 is 2.94 bits per heavy atom. The van der Waals surface area contributed by atoms with Gasteiger partial charge in [-0.15, -0.1) is 11.3 Å². The number of hydrogen-bond donors (Lipinski definition) is 0. The smallest absolute Gasteiger partial charge is 0.129 e. The van der Waals surface area contributed by atoms with Gasteiger partial charge in [-0.05, 0) is 19.1 Å². The maximum atomic E-state index is 10.5. The van der Waals surface area contributed by atoms with Crippen molar-refractivity contribution in [2.75, 3.05) is 6.61 Å². The van der Waals surface area contributed by atoms with Gasteiger partial charge in [0.25, 0.3) is 0 Å². The van der Waals surface area contributed by atoms with Crippen LogP contribution in [0.5, 0.6) is 5.75 Å². The van der Waals surface area contributed by atoms with Crippen LogP contribution < -0.4 is 9.84 Å². The molecule has 0 unspecified atom stereocenters. The van der Waals surface area contributed by atoms with E-state index in [2.05, 4.69) is 4.98 Å². The van der Waals surface area contributed by atoms with Gasteiger partial charge in [0.05, 0.1) is 17.9 Å². The van der Waals surface area contributed by atoms with Gasteiger partial charge < -0.3 is 14.6 Å². The summed E-state index contributed by atoms with van der Waals surface area (Å²) in [5.74, 6) is -0.362. The van der Waals surface area contributed by atoms with Gasteiger partial charge in [0.2, 0.25) is 0 Å². The number of para-hydroxylation sites is 1. The van der Waals surface area contributed by atoms with Crippen LogP contribution in [0.25, 0.3) is 10.6 Å². The zero-order valence-electron chi connectivity index (χ0n) is 9.88. The highest BCUT2D eigenvalue weighted by Crippen LogP contribution is 2.32. The first-order chi connectivity index (χ1) is 8.70. The second kappa shape index (κ2) is 5.64. The van der Waals surface area contributed by atoms with Crippen molar-refractivity contribution in [3.05, 3.63) is 35.3 Å². The molecule has 0 saturated carbocycles. The summed E-state index contributed by atoms with van der Waals surface area (Å²) in [5.41, 5.74) is 1.40. The number of thiazole rings is 1. The van der Waals surface area contributed by atoms with Gasteiger partial charge in [0.15, 0.2) is 0 Å². The minimum absolute atomic E-state index is 0.159. The number of carbonyl (C=O) groups is 1. The molecule has 0 atom stereocenters. The average Bonchev–Trinajstić information content (AvgIpc) is 2.77. The van der Waals surface area contributed by atoms with E-state index in [9.17, 15) is 9.90 Å². The fraction of sp³-hybridized carbons (Fsp3) is 0.231. The average molecular weight is 262 g/mol. The number of benzene rings is 1. The maximum Gasteiger partial charge on any atom is 0.129 e. The van der Waals surface area contributed by atoms with Crippen LogP contribution in [0, 0.1) is 0 Å². The highest BCUT2D eigenvalue weighted by molar-refractivity contribution is 7.13. The van der Waals surface area contributed by atoms with Crippen molar-refractivity contribution in [3.8, 4) is 16.3 Å². The molecule has 0 N–H and O–H groups in total. The van der Waals surface area contributed by atoms with Crippen LogP contribution in [0.4, 0.5) is 0 Å². The van der Waals surface area contributed by atoms with E-state index in [1.807, 2.05) is 31.2 Å². The number of rotatable bonds is 5. The van der Waals surface area contributed by atoms with Crippen molar-refractivity contribution in [1.82, 2.24) is 4.98 Å². The molecule has 0 spiro atoms. The molecule has 5 heteroatoms. The second-order valence-corrected chi connectivity index (χ2v) is 4.48. The van der Waals surface area contributed by atoms with Crippen molar-refractivity contribution in [2.24, 2.45) is 0 Å². The first-order valence-corrected chi connectivity index (χ1v) is 6.45. The molecule has 4 nitrogen and oxygen atoms in total. The predicted octanol–water partition coefficient (Wildman–Crippen LogP) is 1.50. The molecule has 18 heavy (non-hydrogen) atoms. The Hall–Kier alpha value is -1.88. The van der Waals surface area contributed by atoms with Crippen molar-refractivity contribution < 1.29 is 14.6 Å². The Morgan fingerprint density at radius 2 is 2.22 bits per heavy atom. The molecule has 0 saturated heterocycles. The lowest BCUT2D eigenvalue weighted by molar-refractivity contribution is -0.304.